The summed E-state index contributed by atoms with van der Waals surface area (Å²) in [5.41, 5.74) is 1.95. The molecule has 2 rings (SSSR count). The lowest BCUT2D eigenvalue weighted by atomic mass is 10.1. The van der Waals surface area contributed by atoms with Gasteiger partial charge in [0.25, 0.3) is 0 Å². The van der Waals surface area contributed by atoms with Gasteiger partial charge < -0.3 is 15.7 Å². The second kappa shape index (κ2) is 5.03. The summed E-state index contributed by atoms with van der Waals surface area (Å²) in [5.74, 6) is 0.274. The Kier molecular flexibility index (Phi) is 3.46. The minimum Gasteiger partial charge on any atom is -0.508 e. The van der Waals surface area contributed by atoms with Crippen molar-refractivity contribution in [1.82, 2.24) is 10.6 Å². The van der Waals surface area contributed by atoms with Gasteiger partial charge in [0, 0.05) is 12.6 Å². The molecule has 5 heteroatoms. The molecule has 4 nitrogen and oxygen atoms in total. The van der Waals surface area contributed by atoms with Crippen LogP contribution in [0.5, 0.6) is 5.75 Å². The highest BCUT2D eigenvalue weighted by atomic mass is 19.1. The smallest absolute Gasteiger partial charge is 0.315 e. The summed E-state index contributed by atoms with van der Waals surface area (Å²) in [4.78, 5) is 11.3. The van der Waals surface area contributed by atoms with Crippen molar-refractivity contribution in [2.24, 2.45) is 0 Å². The van der Waals surface area contributed by atoms with Gasteiger partial charge >= 0.3 is 6.03 Å². The van der Waals surface area contributed by atoms with Crippen LogP contribution in [0.1, 0.15) is 11.1 Å². The van der Waals surface area contributed by atoms with E-state index in [-0.39, 0.29) is 24.4 Å². The molecule has 1 aromatic carbocycles. The van der Waals surface area contributed by atoms with Gasteiger partial charge in [0.15, 0.2) is 0 Å². The molecule has 1 aromatic rings. The molecule has 3 N–H and O–H groups in total. The number of fused-ring (bicyclic) bond motifs is 1. The van der Waals surface area contributed by atoms with Crippen LogP contribution in [0.4, 0.5) is 9.18 Å². The normalized spacial score (nSPS) is 17.6. The molecule has 0 saturated carbocycles. The van der Waals surface area contributed by atoms with Crippen LogP contribution in [-0.4, -0.2) is 30.4 Å². The number of carbonyl (C=O) groups excluding carboxylic acids is 1. The second-order valence-corrected chi connectivity index (χ2v) is 4.11. The molecule has 0 heterocycles. The van der Waals surface area contributed by atoms with E-state index in [9.17, 15) is 14.3 Å². The Hall–Kier alpha value is -1.78. The Bertz CT molecular complexity index is 423. The maximum Gasteiger partial charge on any atom is 0.315 e. The van der Waals surface area contributed by atoms with Crippen LogP contribution in [0.25, 0.3) is 0 Å². The van der Waals surface area contributed by atoms with Crippen molar-refractivity contribution in [3.8, 4) is 5.75 Å². The number of halogens is 1. The molecule has 0 aromatic heterocycles. The molecule has 17 heavy (non-hydrogen) atoms. The molecule has 0 radical (unpaired) electrons. The van der Waals surface area contributed by atoms with Crippen LogP contribution in [-0.2, 0) is 12.8 Å². The van der Waals surface area contributed by atoms with Gasteiger partial charge in [0.05, 0.1) is 0 Å². The summed E-state index contributed by atoms with van der Waals surface area (Å²) in [6.45, 7) is -0.546. The summed E-state index contributed by atoms with van der Waals surface area (Å²) < 4.78 is 11.9. The van der Waals surface area contributed by atoms with Gasteiger partial charge in [-0.2, -0.15) is 0 Å². The van der Waals surface area contributed by atoms with E-state index in [0.29, 0.717) is 12.8 Å². The molecule has 2 amide bonds. The number of hydrogen-bond donors (Lipinski definition) is 3. The van der Waals surface area contributed by atoms with Crippen molar-refractivity contribution in [3.63, 3.8) is 0 Å². The second-order valence-electron chi connectivity index (χ2n) is 4.11. The molecule has 0 saturated heterocycles. The third-order valence-electron chi connectivity index (χ3n) is 2.88. The zero-order chi connectivity index (χ0) is 12.3. The number of urea groups is 1. The first-order valence-electron chi connectivity index (χ1n) is 5.60. The van der Waals surface area contributed by atoms with E-state index in [1.54, 1.807) is 12.1 Å². The van der Waals surface area contributed by atoms with Gasteiger partial charge in [-0.3, -0.25) is 0 Å². The minimum atomic E-state index is -0.570. The van der Waals surface area contributed by atoms with Gasteiger partial charge in [0.1, 0.15) is 12.4 Å². The Morgan fingerprint density at radius 1 is 1.47 bits per heavy atom. The maximum absolute atomic E-state index is 11.9. The van der Waals surface area contributed by atoms with Crippen molar-refractivity contribution in [1.29, 1.82) is 0 Å². The number of hydrogen-bond acceptors (Lipinski definition) is 2. The standard InChI is InChI=1S/C12H15FN2O2/c13-4-5-14-12(17)15-9-6-8-2-1-3-11(16)10(8)7-9/h1-3,9,16H,4-7H2,(H2,14,15,17). The highest BCUT2D eigenvalue weighted by Gasteiger charge is 2.24. The van der Waals surface area contributed by atoms with Crippen molar-refractivity contribution < 1.29 is 14.3 Å². The fourth-order valence-electron chi connectivity index (χ4n) is 2.13. The number of alkyl halides is 1. The topological polar surface area (TPSA) is 61.4 Å². The largest absolute Gasteiger partial charge is 0.508 e. The summed E-state index contributed by atoms with van der Waals surface area (Å²) >= 11 is 0. The third-order valence-corrected chi connectivity index (χ3v) is 2.88. The van der Waals surface area contributed by atoms with Crippen LogP contribution in [0, 0.1) is 0 Å². The molecule has 92 valence electrons. The average Bonchev–Trinajstić information content (AvgIpc) is 2.70. The highest BCUT2D eigenvalue weighted by molar-refractivity contribution is 5.74. The monoisotopic (exact) mass is 238 g/mol. The van der Waals surface area contributed by atoms with E-state index in [2.05, 4.69) is 10.6 Å². The lowest BCUT2D eigenvalue weighted by Crippen LogP contribution is -2.43. The lowest BCUT2D eigenvalue weighted by molar-refractivity contribution is 0.236. The predicted molar refractivity (Wildman–Crippen MR) is 61.8 cm³/mol. The van der Waals surface area contributed by atoms with Crippen molar-refractivity contribution in [3.05, 3.63) is 29.3 Å². The maximum atomic E-state index is 11.9. The van der Waals surface area contributed by atoms with E-state index in [1.165, 1.54) is 0 Å². The van der Waals surface area contributed by atoms with Gasteiger partial charge in [-0.15, -0.1) is 0 Å². The average molecular weight is 238 g/mol. The van der Waals surface area contributed by atoms with Crippen molar-refractivity contribution >= 4 is 6.03 Å². The number of aromatic hydroxyl groups is 1. The van der Waals surface area contributed by atoms with E-state index in [0.717, 1.165) is 11.1 Å². The number of carbonyl (C=O) groups is 1. The van der Waals surface area contributed by atoms with Crippen LogP contribution in [0.2, 0.25) is 0 Å². The number of benzene rings is 1. The summed E-state index contributed by atoms with van der Waals surface area (Å²) in [5, 5.41) is 14.8. The van der Waals surface area contributed by atoms with Gasteiger partial charge in [-0.05, 0) is 30.0 Å². The molecule has 0 aliphatic heterocycles. The quantitative estimate of drug-likeness (QED) is 0.739. The Morgan fingerprint density at radius 3 is 3.00 bits per heavy atom. The fraction of sp³-hybridized carbons (Fsp3) is 0.417. The van der Waals surface area contributed by atoms with E-state index >= 15 is 0 Å². The first-order valence-corrected chi connectivity index (χ1v) is 5.60. The van der Waals surface area contributed by atoms with Crippen LogP contribution in [0.3, 0.4) is 0 Å². The Balaban J connectivity index is 1.92. The summed E-state index contributed by atoms with van der Waals surface area (Å²) in [6, 6.07) is 4.98. The number of amides is 2. The van der Waals surface area contributed by atoms with Crippen molar-refractivity contribution in [2.45, 2.75) is 18.9 Å². The van der Waals surface area contributed by atoms with E-state index in [1.807, 2.05) is 6.07 Å². The zero-order valence-electron chi connectivity index (χ0n) is 9.37. The predicted octanol–water partition coefficient (Wildman–Crippen LogP) is 1.13. The van der Waals surface area contributed by atoms with Crippen molar-refractivity contribution in [2.75, 3.05) is 13.2 Å². The van der Waals surface area contributed by atoms with Gasteiger partial charge in [-0.25, -0.2) is 9.18 Å². The minimum absolute atomic E-state index is 0.0246. The summed E-state index contributed by atoms with van der Waals surface area (Å²) in [7, 11) is 0. The molecular formula is C12H15FN2O2. The SMILES string of the molecule is O=C(NCCF)NC1Cc2cccc(O)c2C1. The van der Waals surface area contributed by atoms with E-state index < -0.39 is 6.67 Å². The van der Waals surface area contributed by atoms with E-state index in [4.69, 9.17) is 0 Å². The van der Waals surface area contributed by atoms with Gasteiger partial charge in [0.2, 0.25) is 0 Å². The number of rotatable bonds is 3. The molecule has 0 fully saturated rings. The van der Waals surface area contributed by atoms with Crippen LogP contribution < -0.4 is 10.6 Å². The molecule has 1 unspecified atom stereocenters. The van der Waals surface area contributed by atoms with Crippen LogP contribution >= 0.6 is 0 Å². The number of nitrogens with one attached hydrogen (secondary N) is 2. The first-order chi connectivity index (χ1) is 8.20. The number of phenols is 1. The van der Waals surface area contributed by atoms with Gasteiger partial charge in [-0.1, -0.05) is 12.1 Å². The first kappa shape index (κ1) is 11.7. The summed E-state index contributed by atoms with van der Waals surface area (Å²) in [6.07, 6.45) is 1.32. The third kappa shape index (κ3) is 2.67. The lowest BCUT2D eigenvalue weighted by Gasteiger charge is -2.12. The number of phenolic OH excluding ortho intramolecular Hbond substituents is 1. The molecule has 1 atom stereocenters. The zero-order valence-corrected chi connectivity index (χ0v) is 9.37. The molecular weight excluding hydrogens is 223 g/mol. The highest BCUT2D eigenvalue weighted by Crippen LogP contribution is 2.29. The molecule has 1 aliphatic carbocycles. The molecule has 0 bridgehead atoms. The molecule has 0 spiro atoms. The fourth-order valence-corrected chi connectivity index (χ4v) is 2.13. The van der Waals surface area contributed by atoms with Crippen LogP contribution in [0.15, 0.2) is 18.2 Å². The Morgan fingerprint density at radius 2 is 2.29 bits per heavy atom. The Labute approximate surface area is 98.8 Å². The molecule has 1 aliphatic rings.